The number of halogens is 2. The number of anilines is 1. The van der Waals surface area contributed by atoms with Crippen molar-refractivity contribution in [3.8, 4) is 0 Å². The van der Waals surface area contributed by atoms with Crippen molar-refractivity contribution < 1.29 is 4.39 Å². The van der Waals surface area contributed by atoms with Crippen LogP contribution in [-0.4, -0.2) is 59.2 Å². The molecule has 2 heterocycles. The van der Waals surface area contributed by atoms with Crippen LogP contribution in [0.4, 0.5) is 10.3 Å². The Kier molecular flexibility index (Phi) is 6.37. The van der Waals surface area contributed by atoms with E-state index in [2.05, 4.69) is 19.9 Å². The molecule has 1 saturated carbocycles. The summed E-state index contributed by atoms with van der Waals surface area (Å²) < 4.78 is 13.9. The van der Waals surface area contributed by atoms with E-state index >= 15 is 0 Å². The summed E-state index contributed by atoms with van der Waals surface area (Å²) in [4.78, 5) is 17.0. The second kappa shape index (κ2) is 8.07. The minimum Gasteiger partial charge on any atom is -0.370 e. The van der Waals surface area contributed by atoms with Crippen molar-refractivity contribution in [2.75, 3.05) is 37.6 Å². The molecule has 8 heteroatoms. The quantitative estimate of drug-likeness (QED) is 0.445. The van der Waals surface area contributed by atoms with E-state index in [0.717, 1.165) is 38.5 Å². The first kappa shape index (κ1) is 18.2. The van der Waals surface area contributed by atoms with Gasteiger partial charge < -0.3 is 15.5 Å². The molecular weight excluding hydrogens is 410 g/mol. The lowest BCUT2D eigenvalue weighted by Crippen LogP contribution is -2.51. The van der Waals surface area contributed by atoms with Gasteiger partial charge >= 0.3 is 0 Å². The summed E-state index contributed by atoms with van der Waals surface area (Å²) in [6, 6.07) is 1.81. The molecule has 0 unspecified atom stereocenters. The van der Waals surface area contributed by atoms with Crippen LogP contribution in [0.15, 0.2) is 23.5 Å². The van der Waals surface area contributed by atoms with Crippen LogP contribution >= 0.6 is 24.0 Å². The molecule has 2 fully saturated rings. The summed E-state index contributed by atoms with van der Waals surface area (Å²) in [6.45, 7) is 3.67. The topological polar surface area (TPSA) is 70.6 Å². The van der Waals surface area contributed by atoms with Gasteiger partial charge in [-0.05, 0) is 25.3 Å². The third kappa shape index (κ3) is 4.65. The van der Waals surface area contributed by atoms with Crippen LogP contribution in [0.2, 0.25) is 0 Å². The van der Waals surface area contributed by atoms with Crippen molar-refractivity contribution in [2.24, 2.45) is 10.7 Å². The van der Waals surface area contributed by atoms with Crippen LogP contribution in [0.25, 0.3) is 0 Å². The van der Waals surface area contributed by atoms with E-state index in [1.54, 1.807) is 12.4 Å². The molecule has 3 rings (SSSR count). The lowest BCUT2D eigenvalue weighted by Gasteiger charge is -2.35. The molecule has 1 saturated heterocycles. The third-order valence-corrected chi connectivity index (χ3v) is 4.52. The van der Waals surface area contributed by atoms with Gasteiger partial charge in [0.2, 0.25) is 5.95 Å². The standard InChI is InChI=1S/C15H23FN6.HI/c16-15(3-1-4-15)5-8-18-13(17)21-9-11-22(12-10-21)14-19-6-2-7-20-14;/h2,6-7H,1,3-5,8-12H2,(H2,17,18);1H. The van der Waals surface area contributed by atoms with Crippen molar-refractivity contribution >= 4 is 35.9 Å². The average molecular weight is 434 g/mol. The number of rotatable bonds is 4. The van der Waals surface area contributed by atoms with Crippen LogP contribution in [-0.2, 0) is 0 Å². The molecule has 0 radical (unpaired) electrons. The first-order valence-corrected chi connectivity index (χ1v) is 7.92. The first-order valence-electron chi connectivity index (χ1n) is 7.92. The fourth-order valence-electron chi connectivity index (χ4n) is 2.87. The highest BCUT2D eigenvalue weighted by molar-refractivity contribution is 14.0. The second-order valence-electron chi connectivity index (χ2n) is 6.02. The maximum atomic E-state index is 13.9. The zero-order valence-electron chi connectivity index (χ0n) is 13.2. The summed E-state index contributed by atoms with van der Waals surface area (Å²) in [7, 11) is 0. The molecule has 1 aliphatic heterocycles. The highest BCUT2D eigenvalue weighted by Crippen LogP contribution is 2.38. The van der Waals surface area contributed by atoms with Gasteiger partial charge in [-0.15, -0.1) is 24.0 Å². The van der Waals surface area contributed by atoms with Crippen molar-refractivity contribution in [3.63, 3.8) is 0 Å². The van der Waals surface area contributed by atoms with Gasteiger partial charge in [-0.1, -0.05) is 0 Å². The number of nitrogens with two attached hydrogens (primary N) is 1. The molecule has 1 aromatic heterocycles. The molecule has 0 aromatic carbocycles. The summed E-state index contributed by atoms with van der Waals surface area (Å²) in [5, 5.41) is 0. The van der Waals surface area contributed by atoms with E-state index in [1.165, 1.54) is 0 Å². The molecule has 0 atom stereocenters. The molecule has 128 valence electrons. The number of aromatic nitrogens is 2. The Hall–Kier alpha value is -1.19. The van der Waals surface area contributed by atoms with E-state index in [-0.39, 0.29) is 24.0 Å². The molecule has 23 heavy (non-hydrogen) atoms. The number of aliphatic imine (C=N–C) groups is 1. The van der Waals surface area contributed by atoms with E-state index < -0.39 is 5.67 Å². The number of hydrogen-bond donors (Lipinski definition) is 1. The van der Waals surface area contributed by atoms with E-state index in [0.29, 0.717) is 31.8 Å². The number of piperazine rings is 1. The van der Waals surface area contributed by atoms with Crippen molar-refractivity contribution in [1.82, 2.24) is 14.9 Å². The molecule has 0 bridgehead atoms. The summed E-state index contributed by atoms with van der Waals surface area (Å²) in [5.41, 5.74) is 5.05. The van der Waals surface area contributed by atoms with Crippen LogP contribution in [0.5, 0.6) is 0 Å². The summed E-state index contributed by atoms with van der Waals surface area (Å²) >= 11 is 0. The fraction of sp³-hybridized carbons (Fsp3) is 0.667. The highest BCUT2D eigenvalue weighted by atomic mass is 127. The summed E-state index contributed by atoms with van der Waals surface area (Å²) in [5.74, 6) is 1.28. The molecule has 0 spiro atoms. The second-order valence-corrected chi connectivity index (χ2v) is 6.02. The Morgan fingerprint density at radius 3 is 2.43 bits per heavy atom. The fourth-order valence-corrected chi connectivity index (χ4v) is 2.87. The molecule has 0 amide bonds. The minimum atomic E-state index is -0.979. The Bertz CT molecular complexity index is 514. The van der Waals surface area contributed by atoms with Crippen LogP contribution < -0.4 is 10.6 Å². The molecule has 2 N–H and O–H groups in total. The highest BCUT2D eigenvalue weighted by Gasteiger charge is 2.36. The predicted octanol–water partition coefficient (Wildman–Crippen LogP) is 1.81. The predicted molar refractivity (Wildman–Crippen MR) is 100 cm³/mol. The lowest BCUT2D eigenvalue weighted by atomic mass is 9.80. The molecule has 2 aliphatic rings. The van der Waals surface area contributed by atoms with Gasteiger partial charge in [0.15, 0.2) is 5.96 Å². The molecule has 1 aliphatic carbocycles. The van der Waals surface area contributed by atoms with E-state index in [1.807, 2.05) is 11.0 Å². The Morgan fingerprint density at radius 1 is 1.22 bits per heavy atom. The zero-order chi connectivity index (χ0) is 15.4. The van der Waals surface area contributed by atoms with Crippen LogP contribution in [0.1, 0.15) is 25.7 Å². The number of guanidine groups is 1. The Balaban J connectivity index is 0.00000192. The van der Waals surface area contributed by atoms with Crippen molar-refractivity contribution in [1.29, 1.82) is 0 Å². The SMILES string of the molecule is I.NC(=NCCC1(F)CCC1)N1CCN(c2ncccn2)CC1. The maximum Gasteiger partial charge on any atom is 0.225 e. The van der Waals surface area contributed by atoms with E-state index in [9.17, 15) is 4.39 Å². The first-order chi connectivity index (χ1) is 10.7. The van der Waals surface area contributed by atoms with Gasteiger partial charge in [-0.2, -0.15) is 0 Å². The van der Waals surface area contributed by atoms with Gasteiger partial charge in [0, 0.05) is 51.5 Å². The smallest absolute Gasteiger partial charge is 0.225 e. The number of hydrogen-bond acceptors (Lipinski definition) is 4. The maximum absolute atomic E-state index is 13.9. The Labute approximate surface area is 153 Å². The lowest BCUT2D eigenvalue weighted by molar-refractivity contribution is 0.0568. The van der Waals surface area contributed by atoms with Gasteiger partial charge in [-0.25, -0.2) is 14.4 Å². The van der Waals surface area contributed by atoms with Gasteiger partial charge in [0.25, 0.3) is 0 Å². The average Bonchev–Trinajstić information content (AvgIpc) is 2.54. The number of alkyl halides is 1. The third-order valence-electron chi connectivity index (χ3n) is 4.52. The zero-order valence-corrected chi connectivity index (χ0v) is 15.5. The van der Waals surface area contributed by atoms with Crippen molar-refractivity contribution in [3.05, 3.63) is 18.5 Å². The monoisotopic (exact) mass is 434 g/mol. The van der Waals surface area contributed by atoms with Gasteiger partial charge in [0.05, 0.1) is 0 Å². The molecule has 1 aromatic rings. The van der Waals surface area contributed by atoms with Gasteiger partial charge in [0.1, 0.15) is 5.67 Å². The minimum absolute atomic E-state index is 0. The van der Waals surface area contributed by atoms with E-state index in [4.69, 9.17) is 5.73 Å². The summed E-state index contributed by atoms with van der Waals surface area (Å²) in [6.07, 6.45) is 6.34. The van der Waals surface area contributed by atoms with Gasteiger partial charge in [-0.3, -0.25) is 4.99 Å². The largest absolute Gasteiger partial charge is 0.370 e. The number of nitrogens with zero attached hydrogens (tertiary/aromatic N) is 5. The van der Waals surface area contributed by atoms with Crippen molar-refractivity contribution in [2.45, 2.75) is 31.4 Å². The normalized spacial score (nSPS) is 20.7. The Morgan fingerprint density at radius 2 is 1.87 bits per heavy atom. The molecule has 6 nitrogen and oxygen atoms in total. The van der Waals surface area contributed by atoms with Crippen LogP contribution in [0, 0.1) is 0 Å². The molecular formula is C15H24FIN6. The van der Waals surface area contributed by atoms with Crippen LogP contribution in [0.3, 0.4) is 0 Å².